The molecule has 1 rings (SSSR count). The lowest BCUT2D eigenvalue weighted by Crippen LogP contribution is -2.05. The van der Waals surface area contributed by atoms with E-state index in [0.29, 0.717) is 18.6 Å². The van der Waals surface area contributed by atoms with Crippen LogP contribution in [0, 0.1) is 11.6 Å². The molecule has 0 atom stereocenters. The van der Waals surface area contributed by atoms with Gasteiger partial charge in [0.25, 0.3) is 9.05 Å². The molecule has 0 aliphatic carbocycles. The van der Waals surface area contributed by atoms with E-state index in [1.807, 2.05) is 0 Å². The Bertz CT molecular complexity index is 562. The van der Waals surface area contributed by atoms with Gasteiger partial charge in [-0.2, -0.15) is 0 Å². The summed E-state index contributed by atoms with van der Waals surface area (Å²) in [6.07, 6.45) is 6.07. The number of hydrogen-bond donors (Lipinski definition) is 0. The monoisotopic (exact) mass is 340 g/mol. The minimum Gasteiger partial charge on any atom is -0.489 e. The Morgan fingerprint density at radius 1 is 1.10 bits per heavy atom. The van der Waals surface area contributed by atoms with E-state index in [-0.39, 0.29) is 6.61 Å². The van der Waals surface area contributed by atoms with Gasteiger partial charge in [-0.15, -0.1) is 0 Å². The molecule has 21 heavy (non-hydrogen) atoms. The summed E-state index contributed by atoms with van der Waals surface area (Å²) in [7, 11) is 0.898. The van der Waals surface area contributed by atoms with E-state index in [4.69, 9.17) is 15.4 Å². The first-order valence-corrected chi connectivity index (χ1v) is 9.23. The van der Waals surface area contributed by atoms with Crippen LogP contribution in [0.4, 0.5) is 8.78 Å². The molecule has 0 fully saturated rings. The highest BCUT2D eigenvalue weighted by Crippen LogP contribution is 2.31. The molecule has 0 radical (unpaired) electrons. The van der Waals surface area contributed by atoms with Gasteiger partial charge < -0.3 is 4.74 Å². The lowest BCUT2D eigenvalue weighted by atomic mass is 10.1. The lowest BCUT2D eigenvalue weighted by Gasteiger charge is -2.10. The Balaban J connectivity index is 2.63. The predicted octanol–water partition coefficient (Wildman–Crippen LogP) is 4.63. The summed E-state index contributed by atoms with van der Waals surface area (Å²) in [5.74, 6) is -2.60. The Morgan fingerprint density at radius 3 is 2.33 bits per heavy atom. The Morgan fingerprint density at radius 2 is 1.71 bits per heavy atom. The summed E-state index contributed by atoms with van der Waals surface area (Å²) >= 11 is 0. The maximum Gasteiger partial charge on any atom is 0.265 e. The zero-order valence-electron chi connectivity index (χ0n) is 11.9. The van der Waals surface area contributed by atoms with Gasteiger partial charge in [-0.3, -0.25) is 0 Å². The largest absolute Gasteiger partial charge is 0.489 e. The standard InChI is InChI=1S/C14H19ClF2O3S/c1-2-3-4-5-6-7-8-20-14-12(17)9-11(16)10-13(14)21(15,18)19/h9-10H,2-8H2,1H3. The molecule has 7 heteroatoms. The van der Waals surface area contributed by atoms with Crippen molar-refractivity contribution >= 4 is 19.7 Å². The van der Waals surface area contributed by atoms with Gasteiger partial charge in [-0.25, -0.2) is 17.2 Å². The van der Waals surface area contributed by atoms with Gasteiger partial charge in [0, 0.05) is 16.7 Å². The average molecular weight is 341 g/mol. The van der Waals surface area contributed by atoms with Crippen molar-refractivity contribution in [2.24, 2.45) is 0 Å². The third-order valence-corrected chi connectivity index (χ3v) is 4.31. The first-order chi connectivity index (χ1) is 9.86. The normalized spacial score (nSPS) is 11.6. The van der Waals surface area contributed by atoms with Gasteiger partial charge in [0.2, 0.25) is 0 Å². The van der Waals surface area contributed by atoms with Crippen molar-refractivity contribution in [3.05, 3.63) is 23.8 Å². The van der Waals surface area contributed by atoms with Gasteiger partial charge in [-0.05, 0) is 12.5 Å². The van der Waals surface area contributed by atoms with Crippen LogP contribution in [0.15, 0.2) is 17.0 Å². The van der Waals surface area contributed by atoms with Crippen LogP contribution in [-0.4, -0.2) is 15.0 Å². The Hall–Kier alpha value is -0.880. The molecule has 3 nitrogen and oxygen atoms in total. The molecule has 120 valence electrons. The van der Waals surface area contributed by atoms with E-state index in [0.717, 1.165) is 25.7 Å². The Labute approximate surface area is 128 Å². The number of rotatable bonds is 9. The van der Waals surface area contributed by atoms with Gasteiger partial charge >= 0.3 is 0 Å². The van der Waals surface area contributed by atoms with E-state index in [1.165, 1.54) is 6.42 Å². The summed E-state index contributed by atoms with van der Waals surface area (Å²) in [5, 5.41) is 0. The average Bonchev–Trinajstić information content (AvgIpc) is 2.38. The maximum atomic E-state index is 13.6. The van der Waals surface area contributed by atoms with Crippen molar-refractivity contribution < 1.29 is 21.9 Å². The molecule has 0 spiro atoms. The first-order valence-electron chi connectivity index (χ1n) is 6.92. The van der Waals surface area contributed by atoms with Crippen LogP contribution >= 0.6 is 10.7 Å². The Kier molecular flexibility index (Phi) is 7.39. The van der Waals surface area contributed by atoms with E-state index in [9.17, 15) is 17.2 Å². The fourth-order valence-electron chi connectivity index (χ4n) is 1.91. The third kappa shape index (κ3) is 6.18. The van der Waals surface area contributed by atoms with Crippen molar-refractivity contribution in [3.8, 4) is 5.75 Å². The highest BCUT2D eigenvalue weighted by Gasteiger charge is 2.22. The van der Waals surface area contributed by atoms with Crippen molar-refractivity contribution in [3.63, 3.8) is 0 Å². The third-order valence-electron chi connectivity index (χ3n) is 2.98. The summed E-state index contributed by atoms with van der Waals surface area (Å²) < 4.78 is 54.5. The van der Waals surface area contributed by atoms with Gasteiger partial charge in [0.05, 0.1) is 6.61 Å². The zero-order chi connectivity index (χ0) is 15.9. The molecule has 0 saturated heterocycles. The van der Waals surface area contributed by atoms with Crippen molar-refractivity contribution in [2.75, 3.05) is 6.61 Å². The molecule has 0 unspecified atom stereocenters. The van der Waals surface area contributed by atoms with Crippen molar-refractivity contribution in [1.29, 1.82) is 0 Å². The summed E-state index contributed by atoms with van der Waals surface area (Å²) in [4.78, 5) is -0.673. The quantitative estimate of drug-likeness (QED) is 0.486. The SMILES string of the molecule is CCCCCCCCOc1c(F)cc(F)cc1S(=O)(=O)Cl. The molecule has 0 N–H and O–H groups in total. The minimum atomic E-state index is -4.27. The number of unbranched alkanes of at least 4 members (excludes halogenated alkanes) is 5. The van der Waals surface area contributed by atoms with Crippen molar-refractivity contribution in [1.82, 2.24) is 0 Å². The van der Waals surface area contributed by atoms with E-state index < -0.39 is 31.3 Å². The van der Waals surface area contributed by atoms with Crippen LogP contribution in [-0.2, 0) is 9.05 Å². The highest BCUT2D eigenvalue weighted by atomic mass is 35.7. The number of benzene rings is 1. The van der Waals surface area contributed by atoms with E-state index in [2.05, 4.69) is 6.92 Å². The second kappa shape index (κ2) is 8.54. The van der Waals surface area contributed by atoms with Gasteiger partial charge in [-0.1, -0.05) is 39.0 Å². The highest BCUT2D eigenvalue weighted by molar-refractivity contribution is 8.13. The van der Waals surface area contributed by atoms with Crippen LogP contribution in [0.2, 0.25) is 0 Å². The van der Waals surface area contributed by atoms with E-state index >= 15 is 0 Å². The fraction of sp³-hybridized carbons (Fsp3) is 0.571. The second-order valence-corrected chi connectivity index (χ2v) is 7.30. The molecular formula is C14H19ClF2O3S. The maximum absolute atomic E-state index is 13.6. The molecule has 0 aliphatic rings. The summed E-state index contributed by atoms with van der Waals surface area (Å²) in [6, 6.07) is 1.23. The summed E-state index contributed by atoms with van der Waals surface area (Å²) in [6.45, 7) is 2.28. The smallest absolute Gasteiger partial charge is 0.265 e. The van der Waals surface area contributed by atoms with Crippen molar-refractivity contribution in [2.45, 2.75) is 50.3 Å². The molecule has 0 saturated carbocycles. The van der Waals surface area contributed by atoms with Gasteiger partial charge in [0.15, 0.2) is 11.6 Å². The van der Waals surface area contributed by atoms with Crippen LogP contribution < -0.4 is 4.74 Å². The topological polar surface area (TPSA) is 43.4 Å². The predicted molar refractivity (Wildman–Crippen MR) is 78.3 cm³/mol. The van der Waals surface area contributed by atoms with Crippen LogP contribution in [0.3, 0.4) is 0 Å². The molecule has 0 amide bonds. The van der Waals surface area contributed by atoms with E-state index in [1.54, 1.807) is 0 Å². The second-order valence-electron chi connectivity index (χ2n) is 4.77. The molecule has 0 aliphatic heterocycles. The number of hydrogen-bond acceptors (Lipinski definition) is 3. The number of halogens is 3. The molecule has 0 aromatic heterocycles. The number of ether oxygens (including phenoxy) is 1. The van der Waals surface area contributed by atoms with Crippen LogP contribution in [0.5, 0.6) is 5.75 Å². The van der Waals surface area contributed by atoms with Crippen LogP contribution in [0.1, 0.15) is 45.4 Å². The molecule has 0 heterocycles. The lowest BCUT2D eigenvalue weighted by molar-refractivity contribution is 0.281. The summed E-state index contributed by atoms with van der Waals surface area (Å²) in [5.41, 5.74) is 0. The zero-order valence-corrected chi connectivity index (χ0v) is 13.4. The minimum absolute atomic E-state index is 0.161. The fourth-order valence-corrected chi connectivity index (χ4v) is 2.89. The van der Waals surface area contributed by atoms with Gasteiger partial charge in [0.1, 0.15) is 10.7 Å². The molecule has 1 aromatic carbocycles. The first kappa shape index (κ1) is 18.2. The molecule has 1 aromatic rings. The molecule has 0 bridgehead atoms. The van der Waals surface area contributed by atoms with Crippen LogP contribution in [0.25, 0.3) is 0 Å². The molecular weight excluding hydrogens is 322 g/mol.